The van der Waals surface area contributed by atoms with Gasteiger partial charge in [-0.25, -0.2) is 4.79 Å². The van der Waals surface area contributed by atoms with Crippen molar-refractivity contribution in [1.82, 2.24) is 0 Å². The molecule has 1 aliphatic heterocycles. The fourth-order valence-electron chi connectivity index (χ4n) is 1.98. The molecule has 0 amide bonds. The topological polar surface area (TPSA) is 35.5 Å². The highest BCUT2D eigenvalue weighted by Crippen LogP contribution is 2.09. The fourth-order valence-corrected chi connectivity index (χ4v) is 1.98. The Morgan fingerprint density at radius 1 is 0.944 bits per heavy atom. The lowest BCUT2D eigenvalue weighted by molar-refractivity contribution is -0.156. The zero-order valence-electron chi connectivity index (χ0n) is 11.5. The Kier molecular flexibility index (Phi) is 8.57. The molecule has 0 aromatic rings. The first-order valence-corrected chi connectivity index (χ1v) is 7.24. The van der Waals surface area contributed by atoms with Gasteiger partial charge in [-0.05, 0) is 32.6 Å². The van der Waals surface area contributed by atoms with Crippen molar-refractivity contribution in [3.8, 4) is 0 Å². The third-order valence-electron chi connectivity index (χ3n) is 3.16. The average Bonchev–Trinajstić information content (AvgIpc) is 2.37. The summed E-state index contributed by atoms with van der Waals surface area (Å²) in [5.41, 5.74) is 0. The lowest BCUT2D eigenvalue weighted by atomic mass is 10.1. The second kappa shape index (κ2) is 10.1. The third kappa shape index (κ3) is 7.49. The second-order valence-corrected chi connectivity index (χ2v) is 4.85. The van der Waals surface area contributed by atoms with Gasteiger partial charge < -0.3 is 9.47 Å². The number of carbonyl (C=O) groups excluding carboxylic acids is 1. The maximum atomic E-state index is 11.5. The number of rotatable bonds is 0. The van der Waals surface area contributed by atoms with Gasteiger partial charge >= 0.3 is 5.97 Å². The molecule has 0 saturated heterocycles. The van der Waals surface area contributed by atoms with Gasteiger partial charge in [0.05, 0.1) is 13.2 Å². The van der Waals surface area contributed by atoms with E-state index in [0.717, 1.165) is 25.7 Å². The zero-order chi connectivity index (χ0) is 13.1. The molecule has 0 aliphatic carbocycles. The second-order valence-electron chi connectivity index (χ2n) is 4.85. The van der Waals surface area contributed by atoms with Crippen LogP contribution < -0.4 is 0 Å². The van der Waals surface area contributed by atoms with Crippen LogP contribution in [0, 0.1) is 0 Å². The largest absolute Gasteiger partial charge is 0.464 e. The van der Waals surface area contributed by atoms with Crippen LogP contribution in [0.4, 0.5) is 0 Å². The van der Waals surface area contributed by atoms with Gasteiger partial charge in [0.2, 0.25) is 0 Å². The van der Waals surface area contributed by atoms with E-state index < -0.39 is 6.10 Å². The smallest absolute Gasteiger partial charge is 0.334 e. The van der Waals surface area contributed by atoms with Crippen LogP contribution in [0.1, 0.15) is 58.3 Å². The zero-order valence-corrected chi connectivity index (χ0v) is 11.5. The van der Waals surface area contributed by atoms with E-state index in [4.69, 9.17) is 9.47 Å². The Morgan fingerprint density at radius 2 is 1.61 bits per heavy atom. The molecule has 18 heavy (non-hydrogen) atoms. The van der Waals surface area contributed by atoms with Crippen LogP contribution in [0.2, 0.25) is 0 Å². The van der Waals surface area contributed by atoms with Crippen LogP contribution in [-0.2, 0) is 14.3 Å². The molecule has 0 radical (unpaired) electrons. The van der Waals surface area contributed by atoms with Crippen LogP contribution in [-0.4, -0.2) is 25.3 Å². The highest BCUT2D eigenvalue weighted by molar-refractivity contribution is 5.74. The maximum Gasteiger partial charge on any atom is 0.334 e. The minimum Gasteiger partial charge on any atom is -0.464 e. The SMILES string of the molecule is CC1OCC/C=C/CCCCCCCCOC1=O. The van der Waals surface area contributed by atoms with E-state index in [2.05, 4.69) is 12.2 Å². The maximum absolute atomic E-state index is 11.5. The van der Waals surface area contributed by atoms with Crippen molar-refractivity contribution >= 4 is 5.97 Å². The molecular weight excluding hydrogens is 228 g/mol. The molecule has 0 aromatic carbocycles. The standard InChI is InChI=1S/C15H26O3/c1-14-15(16)18-13-11-9-7-5-3-2-4-6-8-10-12-17-14/h6,8,14H,2-5,7,9-13H2,1H3/b8-6+. The molecule has 0 saturated carbocycles. The lowest BCUT2D eigenvalue weighted by Gasteiger charge is -2.12. The number of ether oxygens (including phenoxy) is 2. The molecule has 0 bridgehead atoms. The molecule has 1 rings (SSSR count). The summed E-state index contributed by atoms with van der Waals surface area (Å²) in [5.74, 6) is -0.230. The summed E-state index contributed by atoms with van der Waals surface area (Å²) in [6.45, 7) is 2.88. The quantitative estimate of drug-likeness (QED) is 0.489. The van der Waals surface area contributed by atoms with Crippen LogP contribution in [0.5, 0.6) is 0 Å². The van der Waals surface area contributed by atoms with Crippen LogP contribution in [0.3, 0.4) is 0 Å². The Morgan fingerprint density at radius 3 is 2.44 bits per heavy atom. The average molecular weight is 254 g/mol. The number of hydrogen-bond donors (Lipinski definition) is 0. The van der Waals surface area contributed by atoms with E-state index in [0.29, 0.717) is 13.2 Å². The first kappa shape index (κ1) is 15.2. The number of hydrogen-bond acceptors (Lipinski definition) is 3. The molecule has 104 valence electrons. The third-order valence-corrected chi connectivity index (χ3v) is 3.16. The van der Waals surface area contributed by atoms with Gasteiger partial charge in [-0.1, -0.05) is 37.8 Å². The Labute approximate surface area is 111 Å². The monoisotopic (exact) mass is 254 g/mol. The molecule has 1 aliphatic rings. The van der Waals surface area contributed by atoms with Crippen molar-refractivity contribution in [2.75, 3.05) is 13.2 Å². The molecule has 3 nitrogen and oxygen atoms in total. The summed E-state index contributed by atoms with van der Waals surface area (Å²) in [7, 11) is 0. The van der Waals surface area contributed by atoms with Gasteiger partial charge in [0.1, 0.15) is 0 Å². The van der Waals surface area contributed by atoms with Gasteiger partial charge in [0, 0.05) is 0 Å². The fraction of sp³-hybridized carbons (Fsp3) is 0.800. The van der Waals surface area contributed by atoms with Crippen molar-refractivity contribution in [2.45, 2.75) is 64.4 Å². The summed E-state index contributed by atoms with van der Waals surface area (Å²) < 4.78 is 10.6. The molecular formula is C15H26O3. The summed E-state index contributed by atoms with van der Waals surface area (Å²) in [6.07, 6.45) is 13.2. The van der Waals surface area contributed by atoms with Crippen LogP contribution >= 0.6 is 0 Å². The predicted octanol–water partition coefficient (Wildman–Crippen LogP) is 3.63. The Hall–Kier alpha value is -0.830. The summed E-state index contributed by atoms with van der Waals surface area (Å²) in [6, 6.07) is 0. The van der Waals surface area contributed by atoms with Crippen molar-refractivity contribution < 1.29 is 14.3 Å². The van der Waals surface area contributed by atoms with E-state index in [1.807, 2.05) is 0 Å². The Bertz CT molecular complexity index is 248. The van der Waals surface area contributed by atoms with Gasteiger partial charge in [0.25, 0.3) is 0 Å². The number of cyclic esters (lactones) is 1. The van der Waals surface area contributed by atoms with Crippen LogP contribution in [0.25, 0.3) is 0 Å². The summed E-state index contributed by atoms with van der Waals surface area (Å²) >= 11 is 0. The van der Waals surface area contributed by atoms with Gasteiger partial charge in [-0.15, -0.1) is 0 Å². The summed E-state index contributed by atoms with van der Waals surface area (Å²) in [5, 5.41) is 0. The van der Waals surface area contributed by atoms with Gasteiger partial charge in [-0.3, -0.25) is 0 Å². The number of esters is 1. The minimum absolute atomic E-state index is 0.230. The van der Waals surface area contributed by atoms with Crippen molar-refractivity contribution in [2.24, 2.45) is 0 Å². The van der Waals surface area contributed by atoms with Crippen molar-refractivity contribution in [1.29, 1.82) is 0 Å². The lowest BCUT2D eigenvalue weighted by Crippen LogP contribution is -2.24. The van der Waals surface area contributed by atoms with Gasteiger partial charge in [0.15, 0.2) is 6.10 Å². The first-order chi connectivity index (χ1) is 8.80. The van der Waals surface area contributed by atoms with E-state index in [9.17, 15) is 4.79 Å². The summed E-state index contributed by atoms with van der Waals surface area (Å²) in [4.78, 5) is 11.5. The normalized spacial score (nSPS) is 27.4. The van der Waals surface area contributed by atoms with E-state index in [1.165, 1.54) is 25.7 Å². The number of allylic oxidation sites excluding steroid dienone is 1. The van der Waals surface area contributed by atoms with Crippen LogP contribution in [0.15, 0.2) is 12.2 Å². The number of carbonyl (C=O) groups is 1. The molecule has 0 fully saturated rings. The van der Waals surface area contributed by atoms with E-state index in [-0.39, 0.29) is 5.97 Å². The van der Waals surface area contributed by atoms with Crippen molar-refractivity contribution in [3.63, 3.8) is 0 Å². The molecule has 1 heterocycles. The molecule has 3 heteroatoms. The van der Waals surface area contributed by atoms with Gasteiger partial charge in [-0.2, -0.15) is 0 Å². The molecule has 1 unspecified atom stereocenters. The van der Waals surface area contributed by atoms with E-state index in [1.54, 1.807) is 6.92 Å². The molecule has 0 N–H and O–H groups in total. The molecule has 0 aromatic heterocycles. The Balaban J connectivity index is 2.29. The minimum atomic E-state index is -0.439. The highest BCUT2D eigenvalue weighted by Gasteiger charge is 2.13. The highest BCUT2D eigenvalue weighted by atomic mass is 16.6. The molecule has 1 atom stereocenters. The molecule has 0 spiro atoms. The van der Waals surface area contributed by atoms with E-state index >= 15 is 0 Å². The predicted molar refractivity (Wildman–Crippen MR) is 72.4 cm³/mol. The van der Waals surface area contributed by atoms with Crippen molar-refractivity contribution in [3.05, 3.63) is 12.2 Å². The first-order valence-electron chi connectivity index (χ1n) is 7.24.